The van der Waals surface area contributed by atoms with Crippen LogP contribution in [0, 0.1) is 0 Å². The maximum Gasteiger partial charge on any atom is 0.347 e. The van der Waals surface area contributed by atoms with Crippen LogP contribution in [0.4, 0.5) is 0 Å². The Hall–Kier alpha value is -4.50. The molecule has 0 aliphatic rings. The maximum atomic E-state index is 11.2. The summed E-state index contributed by atoms with van der Waals surface area (Å²) in [5, 5.41) is 22.9. The number of nitrogens with one attached hydrogen (secondary N) is 2. The van der Waals surface area contributed by atoms with Crippen molar-refractivity contribution in [1.82, 2.24) is 9.97 Å². The number of hydrogen-bond donors (Lipinski definition) is 4. The highest BCUT2D eigenvalue weighted by atomic mass is 79.9. The number of aliphatic carboxylic acids is 1. The third kappa shape index (κ3) is 7.11. The minimum Gasteiger partial charge on any atom is -0.507 e. The number of fused-ring (bicyclic) bond motifs is 6. The molecule has 9 heteroatoms. The van der Waals surface area contributed by atoms with Crippen LogP contribution >= 0.6 is 15.9 Å². The highest BCUT2D eigenvalue weighted by Gasteiger charge is 2.30. The van der Waals surface area contributed by atoms with E-state index in [1.807, 2.05) is 72.8 Å². The number of H-pyrrole nitrogens is 2. The van der Waals surface area contributed by atoms with E-state index in [0.717, 1.165) is 43.6 Å². The SMILES string of the molecule is CC(C)(Oc1cccc2[nH]c3ccccc3c12)C(=O)O.CCOC(=O)C(C)(C)Br.Oc1cccc2[nH]c3ccccc3c12. The maximum absolute atomic E-state index is 11.2. The lowest BCUT2D eigenvalue weighted by Crippen LogP contribution is -2.37. The summed E-state index contributed by atoms with van der Waals surface area (Å²) >= 11 is 3.17. The van der Waals surface area contributed by atoms with Gasteiger partial charge in [-0.25, -0.2) is 4.79 Å². The Morgan fingerprint density at radius 2 is 1.23 bits per heavy atom. The second-order valence-electron chi connectivity index (χ2n) is 10.8. The topological polar surface area (TPSA) is 125 Å². The van der Waals surface area contributed by atoms with Crippen LogP contribution in [0.15, 0.2) is 84.9 Å². The molecule has 6 rings (SSSR count). The number of carbonyl (C=O) groups excluding carboxylic acids is 1. The number of ether oxygens (including phenoxy) is 2. The molecule has 8 nitrogen and oxygen atoms in total. The van der Waals surface area contributed by atoms with Crippen molar-refractivity contribution in [2.24, 2.45) is 0 Å². The summed E-state index contributed by atoms with van der Waals surface area (Å²) in [6, 6.07) is 27.0. The van der Waals surface area contributed by atoms with Gasteiger partial charge in [-0.05, 0) is 71.0 Å². The normalized spacial score (nSPS) is 11.5. The second-order valence-corrected chi connectivity index (χ2v) is 12.8. The Morgan fingerprint density at radius 1 is 0.744 bits per heavy atom. The van der Waals surface area contributed by atoms with Gasteiger partial charge in [0.25, 0.3) is 0 Å². The Morgan fingerprint density at radius 3 is 1.74 bits per heavy atom. The predicted molar refractivity (Wildman–Crippen MR) is 175 cm³/mol. The first-order valence-corrected chi connectivity index (χ1v) is 14.6. The monoisotopic (exact) mass is 646 g/mol. The largest absolute Gasteiger partial charge is 0.507 e. The molecular weight excluding hydrogens is 612 g/mol. The fourth-order valence-electron chi connectivity index (χ4n) is 4.46. The van der Waals surface area contributed by atoms with E-state index in [2.05, 4.69) is 25.9 Å². The molecule has 6 aromatic rings. The molecule has 2 aromatic heterocycles. The van der Waals surface area contributed by atoms with Gasteiger partial charge in [-0.3, -0.25) is 4.79 Å². The van der Waals surface area contributed by atoms with E-state index in [4.69, 9.17) is 9.47 Å². The summed E-state index contributed by atoms with van der Waals surface area (Å²) in [4.78, 5) is 28.6. The fraction of sp³-hybridized carbons (Fsp3) is 0.235. The van der Waals surface area contributed by atoms with E-state index in [1.165, 1.54) is 0 Å². The molecule has 0 aliphatic heterocycles. The van der Waals surface area contributed by atoms with Gasteiger partial charge in [0.15, 0.2) is 5.60 Å². The second kappa shape index (κ2) is 12.8. The van der Waals surface area contributed by atoms with Crippen LogP contribution in [0.3, 0.4) is 0 Å². The number of aromatic hydroxyl groups is 1. The standard InChI is InChI=1S/C16H15NO3.C12H9NO.C6H11BrO2/c1-16(2,15(18)19)20-13-9-5-8-12-14(13)10-6-3-4-7-11(10)17-12;14-11-7-3-6-10-12(11)8-4-1-2-5-9(8)13-10;1-4-9-5(8)6(2,3)7/h3-9,17H,1-2H3,(H,18,19);1-7,13-14H;4H2,1-3H3. The third-order valence-electron chi connectivity index (χ3n) is 6.64. The van der Waals surface area contributed by atoms with E-state index in [9.17, 15) is 19.8 Å². The van der Waals surface area contributed by atoms with Gasteiger partial charge in [0, 0.05) is 32.6 Å². The van der Waals surface area contributed by atoms with Crippen molar-refractivity contribution >= 4 is 71.5 Å². The van der Waals surface area contributed by atoms with Gasteiger partial charge in [-0.2, -0.15) is 0 Å². The first-order valence-electron chi connectivity index (χ1n) is 13.8. The summed E-state index contributed by atoms with van der Waals surface area (Å²) < 4.78 is 9.91. The van der Waals surface area contributed by atoms with Crippen LogP contribution in [0.1, 0.15) is 34.6 Å². The lowest BCUT2D eigenvalue weighted by atomic mass is 10.1. The number of phenols is 1. The zero-order valence-electron chi connectivity index (χ0n) is 24.7. The van der Waals surface area contributed by atoms with Crippen LogP contribution in [0.2, 0.25) is 0 Å². The average Bonchev–Trinajstić information content (AvgIpc) is 3.53. The number of esters is 1. The number of alkyl halides is 1. The Kier molecular flexibility index (Phi) is 9.35. The number of carboxylic acid groups (broad SMARTS) is 1. The molecule has 4 N–H and O–H groups in total. The Balaban J connectivity index is 0.000000160. The number of benzene rings is 4. The van der Waals surface area contributed by atoms with Gasteiger partial charge in [-0.1, -0.05) is 64.5 Å². The lowest BCUT2D eigenvalue weighted by molar-refractivity contribution is -0.152. The Labute approximate surface area is 257 Å². The van der Waals surface area contributed by atoms with Crippen molar-refractivity contribution in [1.29, 1.82) is 0 Å². The molecule has 0 atom stereocenters. The molecule has 0 fully saturated rings. The zero-order valence-corrected chi connectivity index (χ0v) is 26.3. The van der Waals surface area contributed by atoms with Crippen molar-refractivity contribution in [2.45, 2.75) is 44.5 Å². The van der Waals surface area contributed by atoms with Crippen molar-refractivity contribution in [3.05, 3.63) is 84.9 Å². The molecule has 0 radical (unpaired) electrons. The smallest absolute Gasteiger partial charge is 0.347 e. The molecule has 4 aromatic carbocycles. The average molecular weight is 648 g/mol. The van der Waals surface area contributed by atoms with Crippen LogP contribution in [-0.4, -0.2) is 48.7 Å². The molecule has 0 saturated carbocycles. The first-order chi connectivity index (χ1) is 20.3. The molecule has 0 spiro atoms. The van der Waals surface area contributed by atoms with Crippen molar-refractivity contribution < 1.29 is 29.3 Å². The number of para-hydroxylation sites is 2. The molecule has 0 amide bonds. The first kappa shape index (κ1) is 31.4. The number of phenolic OH excluding ortho intramolecular Hbond substituents is 1. The number of rotatable bonds is 5. The molecule has 0 bridgehead atoms. The lowest BCUT2D eigenvalue weighted by Gasteiger charge is -2.22. The summed E-state index contributed by atoms with van der Waals surface area (Å²) in [6.07, 6.45) is 0. The number of hydrogen-bond acceptors (Lipinski definition) is 5. The number of carboxylic acids is 1. The molecular formula is C34H35BrN2O6. The zero-order chi connectivity index (χ0) is 31.4. The fourth-order valence-corrected chi connectivity index (χ4v) is 4.57. The number of halogens is 1. The van der Waals surface area contributed by atoms with Crippen LogP contribution in [0.5, 0.6) is 11.5 Å². The minimum absolute atomic E-state index is 0.218. The number of aromatic amines is 2. The van der Waals surface area contributed by atoms with Gasteiger partial charge < -0.3 is 29.7 Å². The van der Waals surface area contributed by atoms with Crippen molar-refractivity contribution in [3.63, 3.8) is 0 Å². The quantitative estimate of drug-likeness (QED) is 0.110. The molecule has 0 saturated heterocycles. The van der Waals surface area contributed by atoms with E-state index in [-0.39, 0.29) is 5.97 Å². The molecule has 0 aliphatic carbocycles. The summed E-state index contributed by atoms with van der Waals surface area (Å²) in [6.45, 7) is 8.83. The summed E-state index contributed by atoms with van der Waals surface area (Å²) in [5.74, 6) is -0.299. The molecule has 0 unspecified atom stereocenters. The van der Waals surface area contributed by atoms with E-state index < -0.39 is 15.9 Å². The molecule has 224 valence electrons. The van der Waals surface area contributed by atoms with Crippen molar-refractivity contribution in [3.8, 4) is 11.5 Å². The van der Waals surface area contributed by atoms with Gasteiger partial charge >= 0.3 is 11.9 Å². The van der Waals surface area contributed by atoms with Gasteiger partial charge in [0.1, 0.15) is 15.8 Å². The van der Waals surface area contributed by atoms with E-state index in [1.54, 1.807) is 46.8 Å². The molecule has 2 heterocycles. The van der Waals surface area contributed by atoms with E-state index in [0.29, 0.717) is 18.1 Å². The van der Waals surface area contributed by atoms with Crippen LogP contribution in [0.25, 0.3) is 43.6 Å². The van der Waals surface area contributed by atoms with Gasteiger partial charge in [-0.15, -0.1) is 0 Å². The highest BCUT2D eigenvalue weighted by Crippen LogP contribution is 2.35. The Bertz CT molecular complexity index is 1900. The van der Waals surface area contributed by atoms with Crippen molar-refractivity contribution in [2.75, 3.05) is 6.61 Å². The van der Waals surface area contributed by atoms with Gasteiger partial charge in [0.2, 0.25) is 0 Å². The summed E-state index contributed by atoms with van der Waals surface area (Å²) in [5.41, 5.74) is 2.71. The van der Waals surface area contributed by atoms with Crippen LogP contribution in [-0.2, 0) is 14.3 Å². The van der Waals surface area contributed by atoms with Gasteiger partial charge in [0.05, 0.1) is 17.6 Å². The number of aromatic nitrogens is 2. The number of carbonyl (C=O) groups is 2. The third-order valence-corrected chi connectivity index (χ3v) is 6.96. The van der Waals surface area contributed by atoms with Crippen LogP contribution < -0.4 is 4.74 Å². The minimum atomic E-state index is -1.27. The summed E-state index contributed by atoms with van der Waals surface area (Å²) in [7, 11) is 0. The van der Waals surface area contributed by atoms with E-state index >= 15 is 0 Å². The highest BCUT2D eigenvalue weighted by molar-refractivity contribution is 9.10. The molecule has 43 heavy (non-hydrogen) atoms. The predicted octanol–water partition coefficient (Wildman–Crippen LogP) is 8.31.